The smallest absolute Gasteiger partial charge is 0.230 e. The number of ether oxygens (including phenoxy) is 1. The molecule has 23 heavy (non-hydrogen) atoms. The van der Waals surface area contributed by atoms with Crippen molar-refractivity contribution >= 4 is 17.5 Å². The minimum absolute atomic E-state index is 0.0652. The van der Waals surface area contributed by atoms with Gasteiger partial charge in [0.2, 0.25) is 11.8 Å². The Morgan fingerprint density at radius 1 is 1.35 bits per heavy atom. The maximum absolute atomic E-state index is 12.0. The Morgan fingerprint density at radius 3 is 2.91 bits per heavy atom. The highest BCUT2D eigenvalue weighted by molar-refractivity contribution is 5.95. The molecule has 5 heteroatoms. The van der Waals surface area contributed by atoms with Crippen molar-refractivity contribution in [3.8, 4) is 5.75 Å². The highest BCUT2D eigenvalue weighted by Gasteiger charge is 2.22. The van der Waals surface area contributed by atoms with Crippen molar-refractivity contribution in [2.24, 2.45) is 5.92 Å². The Morgan fingerprint density at radius 2 is 2.13 bits per heavy atom. The van der Waals surface area contributed by atoms with Crippen LogP contribution >= 0.6 is 0 Å². The van der Waals surface area contributed by atoms with Gasteiger partial charge in [0.1, 0.15) is 5.75 Å². The molecular weight excluding hydrogens is 292 g/mol. The van der Waals surface area contributed by atoms with Crippen LogP contribution in [0, 0.1) is 5.92 Å². The number of amides is 2. The van der Waals surface area contributed by atoms with Crippen LogP contribution in [0.1, 0.15) is 37.7 Å². The van der Waals surface area contributed by atoms with Gasteiger partial charge in [0.15, 0.2) is 0 Å². The molecule has 2 aliphatic rings. The number of benzene rings is 1. The van der Waals surface area contributed by atoms with Crippen LogP contribution in [0.15, 0.2) is 18.2 Å². The summed E-state index contributed by atoms with van der Waals surface area (Å²) >= 11 is 0. The Hall–Kier alpha value is -2.04. The minimum atomic E-state index is 0.0652. The third kappa shape index (κ3) is 3.66. The number of nitrogens with one attached hydrogen (secondary N) is 1. The summed E-state index contributed by atoms with van der Waals surface area (Å²) in [6.45, 7) is 1.06. The van der Waals surface area contributed by atoms with Crippen molar-refractivity contribution < 1.29 is 14.3 Å². The molecule has 1 N–H and O–H groups in total. The van der Waals surface area contributed by atoms with E-state index in [0.717, 1.165) is 36.3 Å². The minimum Gasteiger partial charge on any atom is -0.491 e. The Balaban J connectivity index is 1.59. The monoisotopic (exact) mass is 316 g/mol. The van der Waals surface area contributed by atoms with Crippen LogP contribution in [-0.2, 0) is 16.0 Å². The van der Waals surface area contributed by atoms with Crippen LogP contribution in [0.5, 0.6) is 5.75 Å². The lowest BCUT2D eigenvalue weighted by molar-refractivity contribution is -0.124. The molecule has 0 aromatic heterocycles. The van der Waals surface area contributed by atoms with Gasteiger partial charge in [-0.1, -0.05) is 18.9 Å². The van der Waals surface area contributed by atoms with E-state index in [1.54, 1.807) is 11.9 Å². The van der Waals surface area contributed by atoms with E-state index in [9.17, 15) is 9.59 Å². The number of hydrogen-bond donors (Lipinski definition) is 1. The molecule has 0 bridgehead atoms. The predicted molar refractivity (Wildman–Crippen MR) is 88.6 cm³/mol. The lowest BCUT2D eigenvalue weighted by Gasteiger charge is -2.17. The lowest BCUT2D eigenvalue weighted by Crippen LogP contribution is -2.31. The first-order chi connectivity index (χ1) is 11.1. The SMILES string of the molecule is CN1C(=O)CCOc2ccc(CCNC(=O)C3CCCC3)cc21. The normalized spacial score (nSPS) is 18.3. The standard InChI is InChI=1S/C18H24N2O3/c1-20-15-12-13(6-7-16(15)23-11-9-17(20)21)8-10-19-18(22)14-4-2-3-5-14/h6-7,12,14H,2-5,8-11H2,1H3,(H,19,22). The molecule has 0 radical (unpaired) electrons. The first-order valence-electron chi connectivity index (χ1n) is 8.45. The van der Waals surface area contributed by atoms with Gasteiger partial charge in [-0.3, -0.25) is 9.59 Å². The van der Waals surface area contributed by atoms with Crippen molar-refractivity contribution in [1.29, 1.82) is 0 Å². The molecule has 1 aromatic rings. The summed E-state index contributed by atoms with van der Waals surface area (Å²) in [7, 11) is 1.78. The quantitative estimate of drug-likeness (QED) is 0.927. The van der Waals surface area contributed by atoms with Gasteiger partial charge in [0, 0.05) is 19.5 Å². The van der Waals surface area contributed by atoms with Crippen molar-refractivity contribution in [2.45, 2.75) is 38.5 Å². The van der Waals surface area contributed by atoms with Gasteiger partial charge in [-0.25, -0.2) is 0 Å². The number of carbonyl (C=O) groups excluding carboxylic acids is 2. The van der Waals surface area contributed by atoms with E-state index >= 15 is 0 Å². The van der Waals surface area contributed by atoms with E-state index in [-0.39, 0.29) is 17.7 Å². The molecule has 124 valence electrons. The average molecular weight is 316 g/mol. The van der Waals surface area contributed by atoms with Crippen LogP contribution in [-0.4, -0.2) is 32.0 Å². The molecule has 0 saturated heterocycles. The fourth-order valence-electron chi connectivity index (χ4n) is 3.32. The zero-order valence-corrected chi connectivity index (χ0v) is 13.6. The highest BCUT2D eigenvalue weighted by atomic mass is 16.5. The van der Waals surface area contributed by atoms with Gasteiger partial charge in [0.05, 0.1) is 18.7 Å². The van der Waals surface area contributed by atoms with E-state index in [1.807, 2.05) is 18.2 Å². The Kier molecular flexibility index (Phi) is 4.84. The molecule has 1 aromatic carbocycles. The third-order valence-corrected chi connectivity index (χ3v) is 4.77. The fourth-order valence-corrected chi connectivity index (χ4v) is 3.32. The molecule has 1 heterocycles. The van der Waals surface area contributed by atoms with Gasteiger partial charge >= 0.3 is 0 Å². The molecule has 1 fully saturated rings. The molecule has 1 saturated carbocycles. The van der Waals surface area contributed by atoms with Crippen LogP contribution in [0.4, 0.5) is 5.69 Å². The van der Waals surface area contributed by atoms with Crippen molar-refractivity contribution in [3.63, 3.8) is 0 Å². The topological polar surface area (TPSA) is 58.6 Å². The molecule has 2 amide bonds. The van der Waals surface area contributed by atoms with Crippen molar-refractivity contribution in [1.82, 2.24) is 5.32 Å². The summed E-state index contributed by atoms with van der Waals surface area (Å²) in [6.07, 6.45) is 5.54. The third-order valence-electron chi connectivity index (χ3n) is 4.77. The van der Waals surface area contributed by atoms with Gasteiger partial charge in [-0.05, 0) is 37.0 Å². The average Bonchev–Trinajstić information content (AvgIpc) is 3.05. The number of rotatable bonds is 4. The number of carbonyl (C=O) groups is 2. The Bertz CT molecular complexity index is 594. The molecule has 3 rings (SSSR count). The zero-order valence-electron chi connectivity index (χ0n) is 13.6. The van der Waals surface area contributed by atoms with Crippen LogP contribution < -0.4 is 15.0 Å². The lowest BCUT2D eigenvalue weighted by atomic mass is 10.1. The molecule has 0 atom stereocenters. The van der Waals surface area contributed by atoms with Gasteiger partial charge in [-0.2, -0.15) is 0 Å². The van der Waals surface area contributed by atoms with Gasteiger partial charge in [0.25, 0.3) is 0 Å². The second-order valence-corrected chi connectivity index (χ2v) is 6.38. The largest absolute Gasteiger partial charge is 0.491 e. The summed E-state index contributed by atoms with van der Waals surface area (Å²) < 4.78 is 5.62. The number of hydrogen-bond acceptors (Lipinski definition) is 3. The molecule has 0 unspecified atom stereocenters. The first-order valence-corrected chi connectivity index (χ1v) is 8.45. The van der Waals surface area contributed by atoms with Crippen molar-refractivity contribution in [2.75, 3.05) is 25.1 Å². The van der Waals surface area contributed by atoms with Crippen LogP contribution in [0.25, 0.3) is 0 Å². The highest BCUT2D eigenvalue weighted by Crippen LogP contribution is 2.31. The summed E-state index contributed by atoms with van der Waals surface area (Å²) in [5.41, 5.74) is 1.91. The molecule has 0 spiro atoms. The summed E-state index contributed by atoms with van der Waals surface area (Å²) in [5, 5.41) is 3.03. The van der Waals surface area contributed by atoms with E-state index < -0.39 is 0 Å². The molecular formula is C18H24N2O3. The number of anilines is 1. The second-order valence-electron chi connectivity index (χ2n) is 6.38. The summed E-state index contributed by atoms with van der Waals surface area (Å²) in [5.74, 6) is 1.21. The first kappa shape index (κ1) is 15.8. The van der Waals surface area contributed by atoms with Crippen LogP contribution in [0.2, 0.25) is 0 Å². The number of nitrogens with zero attached hydrogens (tertiary/aromatic N) is 1. The zero-order chi connectivity index (χ0) is 16.2. The van der Waals surface area contributed by atoms with Crippen LogP contribution in [0.3, 0.4) is 0 Å². The predicted octanol–water partition coefficient (Wildman–Crippen LogP) is 2.28. The maximum Gasteiger partial charge on any atom is 0.230 e. The van der Waals surface area contributed by atoms with Gasteiger partial charge in [-0.15, -0.1) is 0 Å². The van der Waals surface area contributed by atoms with E-state index in [1.165, 1.54) is 12.8 Å². The summed E-state index contributed by atoms with van der Waals surface area (Å²) in [4.78, 5) is 25.6. The maximum atomic E-state index is 12.0. The molecule has 5 nitrogen and oxygen atoms in total. The second kappa shape index (κ2) is 7.02. The Labute approximate surface area is 137 Å². The van der Waals surface area contributed by atoms with E-state index in [4.69, 9.17) is 4.74 Å². The summed E-state index contributed by atoms with van der Waals surface area (Å²) in [6, 6.07) is 5.91. The van der Waals surface area contributed by atoms with E-state index in [0.29, 0.717) is 19.6 Å². The fraction of sp³-hybridized carbons (Fsp3) is 0.556. The molecule has 1 aliphatic carbocycles. The van der Waals surface area contributed by atoms with Gasteiger partial charge < -0.3 is 15.0 Å². The van der Waals surface area contributed by atoms with E-state index in [2.05, 4.69) is 5.32 Å². The van der Waals surface area contributed by atoms with Crippen molar-refractivity contribution in [3.05, 3.63) is 23.8 Å². The number of fused-ring (bicyclic) bond motifs is 1. The molecule has 1 aliphatic heterocycles.